The Balaban J connectivity index is 1.92. The van der Waals surface area contributed by atoms with Gasteiger partial charge in [-0.15, -0.1) is 0 Å². The van der Waals surface area contributed by atoms with Crippen LogP contribution in [0.1, 0.15) is 38.5 Å². The van der Waals surface area contributed by atoms with Gasteiger partial charge in [-0.2, -0.15) is 0 Å². The van der Waals surface area contributed by atoms with Gasteiger partial charge in [0.2, 0.25) is 11.8 Å². The first kappa shape index (κ1) is 19.4. The maximum absolute atomic E-state index is 12.8. The van der Waals surface area contributed by atoms with Crippen LogP contribution < -0.4 is 15.8 Å². The van der Waals surface area contributed by atoms with Gasteiger partial charge >= 0.3 is 0 Å². The highest BCUT2D eigenvalue weighted by molar-refractivity contribution is 7.90. The summed E-state index contributed by atoms with van der Waals surface area (Å²) in [7, 11) is -4.13. The van der Waals surface area contributed by atoms with Gasteiger partial charge in [-0.25, -0.2) is 13.1 Å². The molecule has 27 heavy (non-hydrogen) atoms. The lowest BCUT2D eigenvalue weighted by Crippen LogP contribution is -2.44. The molecule has 1 aliphatic carbocycles. The van der Waals surface area contributed by atoms with E-state index in [9.17, 15) is 18.0 Å². The van der Waals surface area contributed by atoms with Crippen molar-refractivity contribution < 1.29 is 18.0 Å². The fourth-order valence-corrected chi connectivity index (χ4v) is 4.74. The van der Waals surface area contributed by atoms with Crippen LogP contribution in [0.25, 0.3) is 0 Å². The molecule has 1 aromatic rings. The summed E-state index contributed by atoms with van der Waals surface area (Å²) in [5, 5.41) is 3.13. The molecule has 2 atom stereocenters. The van der Waals surface area contributed by atoms with Gasteiger partial charge in [-0.1, -0.05) is 37.1 Å². The smallest absolute Gasteiger partial charge is 0.266 e. The number of carbonyl (C=O) groups is 2. The predicted octanol–water partition coefficient (Wildman–Crippen LogP) is 1.92. The number of primary amides is 1. The third-order valence-electron chi connectivity index (χ3n) is 5.24. The third kappa shape index (κ3) is 4.00. The number of fused-ring (bicyclic) bond motifs is 2. The molecule has 3 rings (SSSR count). The number of anilines is 1. The Morgan fingerprint density at radius 1 is 1.15 bits per heavy atom. The number of nitrogens with one attached hydrogen (secondary N) is 2. The molecule has 2 aliphatic rings. The summed E-state index contributed by atoms with van der Waals surface area (Å²) in [5.41, 5.74) is 4.41. The summed E-state index contributed by atoms with van der Waals surface area (Å²) in [6.45, 7) is 0.642. The molecule has 1 fully saturated rings. The lowest BCUT2D eigenvalue weighted by molar-refractivity contribution is -0.134. The highest BCUT2D eigenvalue weighted by Gasteiger charge is 2.64. The van der Waals surface area contributed by atoms with Crippen molar-refractivity contribution in [1.29, 1.82) is 0 Å². The quantitative estimate of drug-likeness (QED) is 0.499. The molecule has 2 amide bonds. The predicted molar refractivity (Wildman–Crippen MR) is 102 cm³/mol. The molecule has 1 heterocycles. The van der Waals surface area contributed by atoms with E-state index in [0.717, 1.165) is 32.1 Å². The van der Waals surface area contributed by atoms with Crippen molar-refractivity contribution in [3.8, 4) is 0 Å². The number of nitrogens with two attached hydrogens (primary N) is 1. The highest BCUT2D eigenvalue weighted by atomic mass is 32.2. The molecular weight excluding hydrogens is 366 g/mol. The minimum Gasteiger partial charge on any atom is -0.384 e. The van der Waals surface area contributed by atoms with Crippen LogP contribution in [-0.2, 0) is 19.6 Å². The first-order chi connectivity index (χ1) is 12.9. The molecule has 1 saturated carbocycles. The second-order valence-corrected chi connectivity index (χ2v) is 8.79. The van der Waals surface area contributed by atoms with Crippen LogP contribution in [0.3, 0.4) is 0 Å². The first-order valence-electron chi connectivity index (χ1n) is 9.24. The van der Waals surface area contributed by atoms with Crippen molar-refractivity contribution >= 4 is 27.5 Å². The van der Waals surface area contributed by atoms with Crippen LogP contribution in [-0.4, -0.2) is 26.8 Å². The number of allylic oxidation sites excluding steroid dienone is 2. The Labute approximate surface area is 159 Å². The van der Waals surface area contributed by atoms with Crippen molar-refractivity contribution in [2.75, 3.05) is 11.9 Å². The zero-order chi connectivity index (χ0) is 19.5. The lowest BCUT2D eigenvalue weighted by Gasteiger charge is -2.16. The van der Waals surface area contributed by atoms with Gasteiger partial charge in [0.05, 0.1) is 5.69 Å². The molecule has 0 aromatic heterocycles. The van der Waals surface area contributed by atoms with Gasteiger partial charge in [0.25, 0.3) is 10.0 Å². The Bertz CT molecular complexity index is 865. The number of benzene rings is 1. The third-order valence-corrected chi connectivity index (χ3v) is 6.63. The van der Waals surface area contributed by atoms with Gasteiger partial charge in [-0.3, -0.25) is 9.59 Å². The van der Waals surface area contributed by atoms with Crippen LogP contribution in [0.2, 0.25) is 0 Å². The molecule has 8 heteroatoms. The van der Waals surface area contributed by atoms with Crippen LogP contribution >= 0.6 is 0 Å². The molecule has 146 valence electrons. The number of sulfonamides is 1. The molecule has 0 bridgehead atoms. The zero-order valence-electron chi connectivity index (χ0n) is 15.1. The fourth-order valence-electron chi connectivity index (χ4n) is 3.52. The van der Waals surface area contributed by atoms with Crippen LogP contribution in [0.4, 0.5) is 5.69 Å². The normalized spacial score (nSPS) is 29.3. The largest absolute Gasteiger partial charge is 0.384 e. The van der Waals surface area contributed by atoms with Gasteiger partial charge in [0.15, 0.2) is 0 Å². The van der Waals surface area contributed by atoms with Crippen molar-refractivity contribution in [2.24, 2.45) is 17.1 Å². The Morgan fingerprint density at radius 2 is 1.89 bits per heavy atom. The SMILES string of the molecule is NC(=O)[C@@]12C[C@H]1/C=C/CCCCCCNc1ccccc1S(=O)(=O)NC2=O. The molecule has 0 spiro atoms. The maximum Gasteiger partial charge on any atom is 0.266 e. The topological polar surface area (TPSA) is 118 Å². The lowest BCUT2D eigenvalue weighted by atomic mass is 10.0. The van der Waals surface area contributed by atoms with Gasteiger partial charge in [-0.05, 0) is 37.8 Å². The molecule has 0 saturated heterocycles. The molecular formula is C19H25N3O4S. The minimum atomic E-state index is -4.13. The van der Waals surface area contributed by atoms with E-state index in [0.29, 0.717) is 12.2 Å². The minimum absolute atomic E-state index is 0.0159. The monoisotopic (exact) mass is 391 g/mol. The Kier molecular flexibility index (Phi) is 5.55. The standard InChI is InChI=1S/C19H25N3O4S/c20-17(23)19-13-14(19)9-5-3-1-2-4-8-12-21-15-10-6-7-11-16(15)27(25,26)22-18(19)24/h5-7,9-11,14,21H,1-4,8,12-13H2,(H2,20,23)(H,22,24)/b9-5+/t14-,19-/m1/s1. The molecule has 4 N–H and O–H groups in total. The summed E-state index contributed by atoms with van der Waals surface area (Å²) in [5.74, 6) is -2.00. The highest BCUT2D eigenvalue weighted by Crippen LogP contribution is 2.53. The molecule has 0 radical (unpaired) electrons. The van der Waals surface area contributed by atoms with Crippen molar-refractivity contribution in [3.63, 3.8) is 0 Å². The van der Waals surface area contributed by atoms with E-state index in [1.165, 1.54) is 6.07 Å². The fraction of sp³-hybridized carbons (Fsp3) is 0.474. The summed E-state index contributed by atoms with van der Waals surface area (Å²) in [6.07, 6.45) is 8.94. The number of rotatable bonds is 1. The van der Waals surface area contributed by atoms with Crippen LogP contribution in [0.15, 0.2) is 41.3 Å². The Morgan fingerprint density at radius 3 is 2.67 bits per heavy atom. The Hall–Kier alpha value is -2.35. The molecule has 1 aliphatic heterocycles. The second kappa shape index (κ2) is 7.72. The van der Waals surface area contributed by atoms with Gasteiger partial charge in [0, 0.05) is 12.5 Å². The molecule has 7 nitrogen and oxygen atoms in total. The number of amides is 2. The van der Waals surface area contributed by atoms with Crippen LogP contribution in [0, 0.1) is 11.3 Å². The zero-order valence-corrected chi connectivity index (χ0v) is 15.9. The average Bonchev–Trinajstić information content (AvgIpc) is 3.35. The second-order valence-electron chi connectivity index (χ2n) is 7.13. The van der Waals surface area contributed by atoms with Crippen molar-refractivity contribution in [2.45, 2.75) is 43.4 Å². The average molecular weight is 391 g/mol. The van der Waals surface area contributed by atoms with Crippen molar-refractivity contribution in [1.82, 2.24) is 4.72 Å². The number of hydrogen-bond acceptors (Lipinski definition) is 5. The van der Waals surface area contributed by atoms with Crippen molar-refractivity contribution in [3.05, 3.63) is 36.4 Å². The summed E-state index contributed by atoms with van der Waals surface area (Å²) in [6, 6.07) is 6.42. The van der Waals surface area contributed by atoms with E-state index < -0.39 is 27.3 Å². The molecule has 1 aromatic carbocycles. The van der Waals surface area contributed by atoms with Gasteiger partial charge in [0.1, 0.15) is 10.3 Å². The van der Waals surface area contributed by atoms with E-state index in [-0.39, 0.29) is 17.2 Å². The number of hydrogen-bond donors (Lipinski definition) is 3. The number of carbonyl (C=O) groups excluding carboxylic acids is 2. The number of para-hydroxylation sites is 1. The van der Waals surface area contributed by atoms with E-state index in [2.05, 4.69) is 10.0 Å². The van der Waals surface area contributed by atoms with E-state index in [1.807, 2.05) is 12.2 Å². The van der Waals surface area contributed by atoms with Gasteiger partial charge < -0.3 is 11.1 Å². The van der Waals surface area contributed by atoms with E-state index in [4.69, 9.17) is 5.73 Å². The summed E-state index contributed by atoms with van der Waals surface area (Å²) in [4.78, 5) is 24.6. The summed E-state index contributed by atoms with van der Waals surface area (Å²) >= 11 is 0. The molecule has 0 unspecified atom stereocenters. The summed E-state index contributed by atoms with van der Waals surface area (Å²) < 4.78 is 27.6. The first-order valence-corrected chi connectivity index (χ1v) is 10.7. The van der Waals surface area contributed by atoms with E-state index >= 15 is 0 Å². The van der Waals surface area contributed by atoms with E-state index in [1.54, 1.807) is 18.2 Å². The maximum atomic E-state index is 12.8. The van der Waals surface area contributed by atoms with Crippen LogP contribution in [0.5, 0.6) is 0 Å².